The molecule has 0 spiro atoms. The van der Waals surface area contributed by atoms with Crippen molar-refractivity contribution < 1.29 is 23.4 Å². The number of carbonyl (C=O) groups excluding carboxylic acids is 3. The first-order valence-corrected chi connectivity index (χ1v) is 10.7. The fraction of sp³-hybridized carbons (Fsp3) is 0.842. The Balaban J connectivity index is 1.37. The smallest absolute Gasteiger partial charge is 0.410 e. The lowest BCUT2D eigenvalue weighted by Gasteiger charge is -2.40. The number of nitrogens with zero attached hydrogens (tertiary/aromatic N) is 3. The van der Waals surface area contributed by atoms with E-state index in [-0.39, 0.29) is 42.0 Å². The number of carbonyl (C=O) groups is 3. The van der Waals surface area contributed by atoms with E-state index >= 15 is 0 Å². The van der Waals surface area contributed by atoms with Crippen LogP contribution in [-0.2, 0) is 13.8 Å². The number of hydrogen-bond acceptors (Lipinski definition) is 6. The van der Waals surface area contributed by atoms with Gasteiger partial charge in [-0.2, -0.15) is 5.06 Å². The van der Waals surface area contributed by atoms with E-state index in [4.69, 9.17) is 9.02 Å². The molecule has 29 heavy (non-hydrogen) atoms. The van der Waals surface area contributed by atoms with Crippen LogP contribution in [0.3, 0.4) is 0 Å². The number of piperidine rings is 2. The van der Waals surface area contributed by atoms with Crippen molar-refractivity contribution in [2.45, 2.75) is 70.2 Å². The molecule has 0 aromatic heterocycles. The van der Waals surface area contributed by atoms with Crippen LogP contribution in [0.25, 0.3) is 0 Å². The quantitative estimate of drug-likeness (QED) is 0.530. The van der Waals surface area contributed by atoms with Crippen LogP contribution in [0.5, 0.6) is 0 Å². The Morgan fingerprint density at radius 3 is 2.31 bits per heavy atom. The largest absolute Gasteiger partial charge is 0.444 e. The summed E-state index contributed by atoms with van der Waals surface area (Å²) >= 11 is 3.76. The van der Waals surface area contributed by atoms with Gasteiger partial charge in [0, 0.05) is 38.6 Å². The molecule has 162 valence electrons. The maximum atomic E-state index is 13.0. The molecule has 10 heteroatoms. The van der Waals surface area contributed by atoms with Gasteiger partial charge >= 0.3 is 12.1 Å². The average Bonchev–Trinajstić information content (AvgIpc) is 3.01. The van der Waals surface area contributed by atoms with Crippen molar-refractivity contribution >= 4 is 30.9 Å². The van der Waals surface area contributed by atoms with E-state index in [0.717, 1.165) is 12.8 Å². The van der Waals surface area contributed by atoms with Crippen LogP contribution in [0.2, 0.25) is 0 Å². The van der Waals surface area contributed by atoms with E-state index in [0.29, 0.717) is 32.5 Å². The van der Waals surface area contributed by atoms with Gasteiger partial charge in [-0.3, -0.25) is 4.79 Å². The van der Waals surface area contributed by atoms with E-state index in [9.17, 15) is 14.4 Å². The zero-order chi connectivity index (χ0) is 20.9. The SMILES string of the molecule is CC(C)(C)OC(=O)N1CC2CCC(C1)C2NC(=O)[C@@H]1CC[C@@H]2CN1C(=O)N2OS. The Labute approximate surface area is 176 Å². The van der Waals surface area contributed by atoms with E-state index in [1.807, 2.05) is 20.8 Å². The molecule has 4 rings (SSSR count). The highest BCUT2D eigenvalue weighted by Crippen LogP contribution is 2.38. The predicted molar refractivity (Wildman–Crippen MR) is 107 cm³/mol. The normalized spacial score (nSPS) is 33.9. The van der Waals surface area contributed by atoms with Gasteiger partial charge in [-0.05, 0) is 58.3 Å². The highest BCUT2D eigenvalue weighted by atomic mass is 32.1. The lowest BCUT2D eigenvalue weighted by Crippen LogP contribution is -2.58. The van der Waals surface area contributed by atoms with Gasteiger partial charge in [0.25, 0.3) is 0 Å². The number of likely N-dealkylation sites (tertiary alicyclic amines) is 1. The lowest BCUT2D eigenvalue weighted by molar-refractivity contribution is -0.127. The third-order valence-corrected chi connectivity index (χ3v) is 6.68. The third-order valence-electron chi connectivity index (χ3n) is 6.51. The van der Waals surface area contributed by atoms with Gasteiger partial charge in [-0.1, -0.05) is 0 Å². The van der Waals surface area contributed by atoms with Gasteiger partial charge in [0.05, 0.1) is 6.04 Å². The van der Waals surface area contributed by atoms with Gasteiger partial charge in [-0.25, -0.2) is 13.9 Å². The molecular weight excluding hydrogens is 396 g/mol. The first-order valence-electron chi connectivity index (χ1n) is 10.4. The Morgan fingerprint density at radius 2 is 1.72 bits per heavy atom. The number of fused-ring (bicyclic) bond motifs is 4. The van der Waals surface area contributed by atoms with Crippen molar-refractivity contribution in [3.05, 3.63) is 0 Å². The van der Waals surface area contributed by atoms with Gasteiger partial charge < -0.3 is 19.9 Å². The Hall–Kier alpha value is -1.68. The molecule has 3 heterocycles. The molecule has 9 nitrogen and oxygen atoms in total. The number of hydrogen-bond donors (Lipinski definition) is 2. The molecule has 1 saturated carbocycles. The summed E-state index contributed by atoms with van der Waals surface area (Å²) in [6.07, 6.45) is 3.00. The van der Waals surface area contributed by atoms with Crippen LogP contribution in [-0.4, -0.2) is 76.3 Å². The van der Waals surface area contributed by atoms with Crippen LogP contribution < -0.4 is 5.32 Å². The van der Waals surface area contributed by atoms with Crippen molar-refractivity contribution in [3.63, 3.8) is 0 Å². The second kappa shape index (κ2) is 7.54. The van der Waals surface area contributed by atoms with Crippen LogP contribution in [0.1, 0.15) is 46.5 Å². The fourth-order valence-corrected chi connectivity index (χ4v) is 5.41. The Morgan fingerprint density at radius 1 is 1.07 bits per heavy atom. The molecule has 0 aromatic carbocycles. The first kappa shape index (κ1) is 20.6. The predicted octanol–water partition coefficient (Wildman–Crippen LogP) is 1.79. The van der Waals surface area contributed by atoms with Crippen molar-refractivity contribution in [1.82, 2.24) is 20.2 Å². The molecule has 2 unspecified atom stereocenters. The minimum atomic E-state index is -0.521. The summed E-state index contributed by atoms with van der Waals surface area (Å²) < 4.78 is 10.4. The highest BCUT2D eigenvalue weighted by molar-refractivity contribution is 7.75. The lowest BCUT2D eigenvalue weighted by atomic mass is 9.91. The number of hydroxylamine groups is 2. The van der Waals surface area contributed by atoms with E-state index in [1.165, 1.54) is 5.06 Å². The second-order valence-corrected chi connectivity index (χ2v) is 9.77. The summed E-state index contributed by atoms with van der Waals surface area (Å²) in [5.74, 6) is 0.326. The maximum absolute atomic E-state index is 13.0. The number of nitrogens with one attached hydrogen (secondary N) is 1. The second-order valence-electron chi connectivity index (χ2n) is 9.61. The molecular formula is C19H30N4O5S. The molecule has 0 aromatic rings. The van der Waals surface area contributed by atoms with Crippen molar-refractivity contribution in [3.8, 4) is 0 Å². The summed E-state index contributed by atoms with van der Waals surface area (Å²) in [6.45, 7) is 7.25. The molecule has 4 atom stereocenters. The average molecular weight is 427 g/mol. The maximum Gasteiger partial charge on any atom is 0.410 e. The van der Waals surface area contributed by atoms with Gasteiger partial charge in [-0.15, -0.1) is 0 Å². The summed E-state index contributed by atoms with van der Waals surface area (Å²) in [6, 6.07) is -0.785. The van der Waals surface area contributed by atoms with Crippen LogP contribution in [0.4, 0.5) is 9.59 Å². The Kier molecular flexibility index (Phi) is 5.35. The molecule has 4 bridgehead atoms. The molecule has 1 aliphatic carbocycles. The summed E-state index contributed by atoms with van der Waals surface area (Å²) in [5, 5.41) is 4.45. The van der Waals surface area contributed by atoms with Crippen LogP contribution in [0, 0.1) is 11.8 Å². The number of thiol groups is 1. The van der Waals surface area contributed by atoms with Crippen molar-refractivity contribution in [2.75, 3.05) is 19.6 Å². The minimum Gasteiger partial charge on any atom is -0.444 e. The van der Waals surface area contributed by atoms with Crippen LogP contribution in [0.15, 0.2) is 0 Å². The standard InChI is InChI=1S/C19H30N4O5S/c1-19(2,3)27-18(26)21-8-11-4-5-12(9-21)15(11)20-16(24)14-7-6-13-10-22(14)17(25)23(13)28-29/h11-15,29H,4-10H2,1-3H3,(H,20,24)/t11?,12?,13-,14+,15?/m1/s1. The van der Waals surface area contributed by atoms with Crippen LogP contribution >= 0.6 is 12.9 Å². The number of amides is 4. The molecule has 1 N–H and O–H groups in total. The number of urea groups is 1. The Bertz CT molecular complexity index is 685. The molecule has 0 radical (unpaired) electrons. The summed E-state index contributed by atoms with van der Waals surface area (Å²) in [7, 11) is 0. The first-order chi connectivity index (χ1) is 13.7. The third kappa shape index (κ3) is 3.88. The highest BCUT2D eigenvalue weighted by Gasteiger charge is 2.50. The van der Waals surface area contributed by atoms with Crippen molar-refractivity contribution in [1.29, 1.82) is 0 Å². The van der Waals surface area contributed by atoms with Gasteiger partial charge in [0.15, 0.2) is 0 Å². The van der Waals surface area contributed by atoms with E-state index < -0.39 is 11.6 Å². The zero-order valence-corrected chi connectivity index (χ0v) is 18.1. The molecule has 4 amide bonds. The zero-order valence-electron chi connectivity index (χ0n) is 17.2. The topological polar surface area (TPSA) is 91.4 Å². The minimum absolute atomic E-state index is 0.0360. The monoisotopic (exact) mass is 426 g/mol. The summed E-state index contributed by atoms with van der Waals surface area (Å²) in [5.41, 5.74) is -0.521. The molecule has 4 fully saturated rings. The van der Waals surface area contributed by atoms with E-state index in [2.05, 4.69) is 18.2 Å². The molecule has 3 aliphatic heterocycles. The number of rotatable bonds is 3. The van der Waals surface area contributed by atoms with Crippen molar-refractivity contribution in [2.24, 2.45) is 11.8 Å². The summed E-state index contributed by atoms with van der Waals surface area (Å²) in [4.78, 5) is 41.3. The molecule has 4 aliphatic rings. The van der Waals surface area contributed by atoms with E-state index in [1.54, 1.807) is 9.80 Å². The van der Waals surface area contributed by atoms with Gasteiger partial charge in [0.2, 0.25) is 5.91 Å². The number of ether oxygens (including phenoxy) is 1. The van der Waals surface area contributed by atoms with Gasteiger partial charge in [0.1, 0.15) is 11.6 Å². The fourth-order valence-electron chi connectivity index (χ4n) is 5.21. The molecule has 3 saturated heterocycles.